The predicted molar refractivity (Wildman–Crippen MR) is 84.8 cm³/mol. The number of methoxy groups -OCH3 is 1. The van der Waals surface area contributed by atoms with Crippen molar-refractivity contribution in [2.75, 3.05) is 14.2 Å². The van der Waals surface area contributed by atoms with Crippen LogP contribution >= 0.6 is 22.9 Å². The van der Waals surface area contributed by atoms with Gasteiger partial charge in [-0.3, -0.25) is 4.79 Å². The first-order valence-electron chi connectivity index (χ1n) is 6.48. The molecule has 0 aliphatic carbocycles. The summed E-state index contributed by atoms with van der Waals surface area (Å²) in [7, 11) is 3.42. The Kier molecular flexibility index (Phi) is 5.59. The van der Waals surface area contributed by atoms with E-state index in [1.807, 2.05) is 29.6 Å². The van der Waals surface area contributed by atoms with Crippen molar-refractivity contribution in [2.45, 2.75) is 18.8 Å². The van der Waals surface area contributed by atoms with E-state index in [-0.39, 0.29) is 5.91 Å². The fraction of sp³-hybridized carbons (Fsp3) is 0.333. The molecule has 0 saturated carbocycles. The smallest absolute Gasteiger partial charge is 0.229 e. The second kappa shape index (κ2) is 7.43. The quantitative estimate of drug-likeness (QED) is 0.767. The number of carbonyl (C=O) groups excluding carboxylic acids is 1. The lowest BCUT2D eigenvalue weighted by Gasteiger charge is -2.17. The SMILES string of the molecule is COc1cccc(CN(C)C(=O)Cc2nc(CCl)cs2)c1. The molecule has 0 aliphatic heterocycles. The summed E-state index contributed by atoms with van der Waals surface area (Å²) in [6.07, 6.45) is 0.308. The summed E-state index contributed by atoms with van der Waals surface area (Å²) < 4.78 is 5.18. The molecule has 0 saturated heterocycles. The van der Waals surface area contributed by atoms with Crippen LogP contribution in [0.4, 0.5) is 0 Å². The number of ether oxygens (including phenoxy) is 1. The van der Waals surface area contributed by atoms with Gasteiger partial charge in [-0.05, 0) is 17.7 Å². The molecule has 1 heterocycles. The van der Waals surface area contributed by atoms with Crippen LogP contribution in [0.2, 0.25) is 0 Å². The van der Waals surface area contributed by atoms with Gasteiger partial charge in [-0.2, -0.15) is 0 Å². The number of rotatable bonds is 6. The van der Waals surface area contributed by atoms with Crippen molar-refractivity contribution in [3.05, 3.63) is 45.9 Å². The normalized spacial score (nSPS) is 10.4. The third-order valence-electron chi connectivity index (χ3n) is 3.02. The Hall–Kier alpha value is -1.59. The van der Waals surface area contributed by atoms with Gasteiger partial charge in [0, 0.05) is 19.0 Å². The molecule has 1 aromatic heterocycles. The molecule has 1 amide bonds. The maximum absolute atomic E-state index is 12.2. The Morgan fingerprint density at radius 3 is 2.95 bits per heavy atom. The first-order chi connectivity index (χ1) is 10.1. The fourth-order valence-electron chi connectivity index (χ4n) is 1.89. The van der Waals surface area contributed by atoms with Crippen LogP contribution in [0.15, 0.2) is 29.6 Å². The number of hydrogen-bond donors (Lipinski definition) is 0. The molecular weight excluding hydrogens is 308 g/mol. The number of benzene rings is 1. The van der Waals surface area contributed by atoms with E-state index in [4.69, 9.17) is 16.3 Å². The Morgan fingerprint density at radius 2 is 2.29 bits per heavy atom. The van der Waals surface area contributed by atoms with E-state index in [2.05, 4.69) is 4.98 Å². The van der Waals surface area contributed by atoms with E-state index in [0.29, 0.717) is 18.8 Å². The molecule has 0 aliphatic rings. The lowest BCUT2D eigenvalue weighted by atomic mass is 10.2. The molecule has 112 valence electrons. The lowest BCUT2D eigenvalue weighted by molar-refractivity contribution is -0.129. The minimum atomic E-state index is 0.0355. The van der Waals surface area contributed by atoms with Gasteiger partial charge in [-0.1, -0.05) is 12.1 Å². The van der Waals surface area contributed by atoms with Crippen molar-refractivity contribution in [1.82, 2.24) is 9.88 Å². The minimum absolute atomic E-state index is 0.0355. The highest BCUT2D eigenvalue weighted by atomic mass is 35.5. The predicted octanol–water partition coefficient (Wildman–Crippen LogP) is 3.09. The molecule has 0 N–H and O–H groups in total. The number of amides is 1. The molecule has 4 nitrogen and oxygen atoms in total. The van der Waals surface area contributed by atoms with Crippen LogP contribution in [0.1, 0.15) is 16.3 Å². The molecule has 0 unspecified atom stereocenters. The van der Waals surface area contributed by atoms with Crippen LogP contribution in [0.3, 0.4) is 0 Å². The van der Waals surface area contributed by atoms with E-state index in [1.54, 1.807) is 19.1 Å². The number of alkyl halides is 1. The van der Waals surface area contributed by atoms with Gasteiger partial charge in [0.1, 0.15) is 10.8 Å². The first-order valence-corrected chi connectivity index (χ1v) is 7.90. The summed E-state index contributed by atoms with van der Waals surface area (Å²) in [5.41, 5.74) is 1.85. The molecule has 2 aromatic rings. The van der Waals surface area contributed by atoms with Gasteiger partial charge in [0.05, 0.1) is 25.1 Å². The number of thiazole rings is 1. The Labute approximate surface area is 133 Å². The minimum Gasteiger partial charge on any atom is -0.497 e. The Morgan fingerprint density at radius 1 is 1.48 bits per heavy atom. The summed E-state index contributed by atoms with van der Waals surface area (Å²) in [6, 6.07) is 7.70. The van der Waals surface area contributed by atoms with Crippen LogP contribution in [-0.2, 0) is 23.6 Å². The van der Waals surface area contributed by atoms with Gasteiger partial charge in [-0.25, -0.2) is 4.98 Å². The largest absolute Gasteiger partial charge is 0.497 e. The Bertz CT molecular complexity index is 615. The average molecular weight is 325 g/mol. The fourth-order valence-corrected chi connectivity index (χ4v) is 2.90. The molecule has 0 fully saturated rings. The number of aromatic nitrogens is 1. The maximum Gasteiger partial charge on any atom is 0.229 e. The van der Waals surface area contributed by atoms with Crippen molar-refractivity contribution in [3.63, 3.8) is 0 Å². The highest BCUT2D eigenvalue weighted by Gasteiger charge is 2.13. The van der Waals surface area contributed by atoms with Crippen molar-refractivity contribution >= 4 is 28.8 Å². The zero-order valence-electron chi connectivity index (χ0n) is 12.0. The number of hydrogen-bond acceptors (Lipinski definition) is 4. The number of carbonyl (C=O) groups is 1. The standard InChI is InChI=1S/C15H17ClN2O2S/c1-18(9-11-4-3-5-13(6-11)20-2)15(19)7-14-17-12(8-16)10-21-14/h3-6,10H,7-9H2,1-2H3. The molecule has 6 heteroatoms. The van der Waals surface area contributed by atoms with E-state index >= 15 is 0 Å². The van der Waals surface area contributed by atoms with Crippen molar-refractivity contribution in [3.8, 4) is 5.75 Å². The molecule has 0 spiro atoms. The van der Waals surface area contributed by atoms with Gasteiger partial charge in [0.25, 0.3) is 0 Å². The van der Waals surface area contributed by atoms with Gasteiger partial charge in [0.15, 0.2) is 0 Å². The average Bonchev–Trinajstić information content (AvgIpc) is 2.95. The summed E-state index contributed by atoms with van der Waals surface area (Å²) >= 11 is 7.18. The van der Waals surface area contributed by atoms with Crippen LogP contribution in [0, 0.1) is 0 Å². The third kappa shape index (κ3) is 4.44. The van der Waals surface area contributed by atoms with Crippen molar-refractivity contribution in [2.24, 2.45) is 0 Å². The molecular formula is C15H17ClN2O2S. The lowest BCUT2D eigenvalue weighted by Crippen LogP contribution is -2.27. The van der Waals surface area contributed by atoms with Crippen molar-refractivity contribution < 1.29 is 9.53 Å². The third-order valence-corrected chi connectivity index (χ3v) is 4.19. The molecule has 0 bridgehead atoms. The van der Waals surface area contributed by atoms with Crippen LogP contribution in [-0.4, -0.2) is 29.9 Å². The summed E-state index contributed by atoms with van der Waals surface area (Å²) in [5, 5.41) is 2.69. The van der Waals surface area contributed by atoms with E-state index in [9.17, 15) is 4.79 Å². The number of halogens is 1. The summed E-state index contributed by atoms with van der Waals surface area (Å²) in [6.45, 7) is 0.545. The molecule has 0 radical (unpaired) electrons. The van der Waals surface area contributed by atoms with E-state index in [0.717, 1.165) is 22.0 Å². The number of nitrogens with zero attached hydrogens (tertiary/aromatic N) is 2. The summed E-state index contributed by atoms with van der Waals surface area (Å²) in [4.78, 5) is 18.2. The number of likely N-dealkylation sites (N-methyl/N-ethyl adjacent to an activating group) is 1. The zero-order valence-corrected chi connectivity index (χ0v) is 13.6. The van der Waals surface area contributed by atoms with Gasteiger partial charge >= 0.3 is 0 Å². The van der Waals surface area contributed by atoms with Crippen LogP contribution < -0.4 is 4.74 Å². The van der Waals surface area contributed by atoms with Crippen molar-refractivity contribution in [1.29, 1.82) is 0 Å². The van der Waals surface area contributed by atoms with Crippen LogP contribution in [0.25, 0.3) is 0 Å². The molecule has 2 rings (SSSR count). The topological polar surface area (TPSA) is 42.4 Å². The van der Waals surface area contributed by atoms with E-state index in [1.165, 1.54) is 11.3 Å². The maximum atomic E-state index is 12.2. The van der Waals surface area contributed by atoms with Gasteiger partial charge in [-0.15, -0.1) is 22.9 Å². The van der Waals surface area contributed by atoms with E-state index < -0.39 is 0 Å². The molecule has 21 heavy (non-hydrogen) atoms. The molecule has 0 atom stereocenters. The summed E-state index contributed by atoms with van der Waals surface area (Å²) in [5.74, 6) is 1.21. The highest BCUT2D eigenvalue weighted by molar-refractivity contribution is 7.09. The van der Waals surface area contributed by atoms with Gasteiger partial charge in [0.2, 0.25) is 5.91 Å². The first kappa shape index (κ1) is 15.8. The molecule has 1 aromatic carbocycles. The monoisotopic (exact) mass is 324 g/mol. The highest BCUT2D eigenvalue weighted by Crippen LogP contribution is 2.16. The van der Waals surface area contributed by atoms with Gasteiger partial charge < -0.3 is 9.64 Å². The zero-order chi connectivity index (χ0) is 15.2. The Balaban J connectivity index is 1.95. The second-order valence-electron chi connectivity index (χ2n) is 4.64. The second-order valence-corrected chi connectivity index (χ2v) is 5.85. The van der Waals surface area contributed by atoms with Crippen LogP contribution in [0.5, 0.6) is 5.75 Å².